The van der Waals surface area contributed by atoms with Crippen LogP contribution in [-0.2, 0) is 17.7 Å². The molecule has 0 radical (unpaired) electrons. The number of nitrogens with one attached hydrogen (secondary N) is 1. The van der Waals surface area contributed by atoms with Gasteiger partial charge in [-0.2, -0.15) is 0 Å². The van der Waals surface area contributed by atoms with E-state index < -0.39 is 0 Å². The Kier molecular flexibility index (Phi) is 4.45. The number of carbonyl (C=O) groups excluding carboxylic acids is 1. The lowest BCUT2D eigenvalue weighted by Gasteiger charge is -2.09. The molecule has 106 valence electrons. The van der Waals surface area contributed by atoms with Crippen molar-refractivity contribution in [3.63, 3.8) is 0 Å². The molecule has 2 aromatic rings. The summed E-state index contributed by atoms with van der Waals surface area (Å²) in [7, 11) is 1.38. The van der Waals surface area contributed by atoms with Crippen LogP contribution in [0.4, 0.5) is 5.69 Å². The Labute approximate surface area is 118 Å². The molecule has 0 fully saturated rings. The zero-order chi connectivity index (χ0) is 14.5. The van der Waals surface area contributed by atoms with Gasteiger partial charge in [0, 0.05) is 12.1 Å². The molecule has 1 aromatic heterocycles. The molecule has 0 aliphatic rings. The van der Waals surface area contributed by atoms with Gasteiger partial charge in [-0.25, -0.2) is 4.79 Å². The van der Waals surface area contributed by atoms with Crippen LogP contribution in [0.15, 0.2) is 34.7 Å². The quantitative estimate of drug-likeness (QED) is 0.846. The number of methoxy groups -OCH3 is 1. The van der Waals surface area contributed by atoms with Gasteiger partial charge in [0.15, 0.2) is 0 Å². The van der Waals surface area contributed by atoms with Gasteiger partial charge < -0.3 is 14.5 Å². The number of hydrogen-bond donors (Lipinski definition) is 1. The minimum Gasteiger partial charge on any atom is -0.465 e. The van der Waals surface area contributed by atoms with E-state index in [9.17, 15) is 4.79 Å². The average Bonchev–Trinajstić information content (AvgIpc) is 2.93. The average molecular weight is 273 g/mol. The van der Waals surface area contributed by atoms with Crippen molar-refractivity contribution < 1.29 is 13.9 Å². The number of ether oxygens (including phenoxy) is 1. The van der Waals surface area contributed by atoms with Crippen LogP contribution in [0.3, 0.4) is 0 Å². The molecule has 0 saturated heterocycles. The zero-order valence-electron chi connectivity index (χ0n) is 12.0. The van der Waals surface area contributed by atoms with Gasteiger partial charge in [-0.05, 0) is 42.8 Å². The highest BCUT2D eigenvalue weighted by molar-refractivity contribution is 5.90. The molecule has 20 heavy (non-hydrogen) atoms. The minimum absolute atomic E-state index is 0.321. The van der Waals surface area contributed by atoms with Crippen LogP contribution in [0.5, 0.6) is 0 Å². The second kappa shape index (κ2) is 6.28. The third-order valence-electron chi connectivity index (χ3n) is 3.17. The SMILES string of the molecule is CCc1ccc(CNc2ccc(C(=O)OC)cc2C)o1. The van der Waals surface area contributed by atoms with E-state index in [1.165, 1.54) is 7.11 Å². The van der Waals surface area contributed by atoms with Gasteiger partial charge in [0.05, 0.1) is 19.2 Å². The van der Waals surface area contributed by atoms with Crippen molar-refractivity contribution in [2.75, 3.05) is 12.4 Å². The number of benzene rings is 1. The highest BCUT2D eigenvalue weighted by atomic mass is 16.5. The van der Waals surface area contributed by atoms with Crippen molar-refractivity contribution in [1.82, 2.24) is 0 Å². The Hall–Kier alpha value is -2.23. The van der Waals surface area contributed by atoms with Gasteiger partial charge in [-0.3, -0.25) is 0 Å². The fraction of sp³-hybridized carbons (Fsp3) is 0.312. The lowest BCUT2D eigenvalue weighted by Crippen LogP contribution is -2.04. The Morgan fingerprint density at radius 2 is 2.00 bits per heavy atom. The predicted octanol–water partition coefficient (Wildman–Crippen LogP) is 3.55. The van der Waals surface area contributed by atoms with E-state index >= 15 is 0 Å². The summed E-state index contributed by atoms with van der Waals surface area (Å²) in [5.74, 6) is 1.57. The monoisotopic (exact) mass is 273 g/mol. The van der Waals surface area contributed by atoms with Gasteiger partial charge in [0.1, 0.15) is 11.5 Å². The first-order valence-electron chi connectivity index (χ1n) is 6.64. The molecule has 4 heteroatoms. The molecule has 0 bridgehead atoms. The summed E-state index contributed by atoms with van der Waals surface area (Å²) >= 11 is 0. The highest BCUT2D eigenvalue weighted by Gasteiger charge is 2.08. The molecule has 0 aliphatic heterocycles. The smallest absolute Gasteiger partial charge is 0.337 e. The zero-order valence-corrected chi connectivity index (χ0v) is 12.0. The van der Waals surface area contributed by atoms with Crippen LogP contribution < -0.4 is 5.32 Å². The van der Waals surface area contributed by atoms with E-state index in [4.69, 9.17) is 9.15 Å². The number of furan rings is 1. The Morgan fingerprint density at radius 1 is 1.25 bits per heavy atom. The van der Waals surface area contributed by atoms with E-state index in [2.05, 4.69) is 12.2 Å². The summed E-state index contributed by atoms with van der Waals surface area (Å²) in [6, 6.07) is 9.41. The summed E-state index contributed by atoms with van der Waals surface area (Å²) < 4.78 is 10.3. The first kappa shape index (κ1) is 14.2. The maximum absolute atomic E-state index is 11.4. The molecule has 0 aliphatic carbocycles. The maximum atomic E-state index is 11.4. The number of hydrogen-bond acceptors (Lipinski definition) is 4. The Morgan fingerprint density at radius 3 is 2.60 bits per heavy atom. The van der Waals surface area contributed by atoms with Crippen molar-refractivity contribution in [1.29, 1.82) is 0 Å². The summed E-state index contributed by atoms with van der Waals surface area (Å²) in [5, 5.41) is 3.30. The third kappa shape index (κ3) is 3.20. The van der Waals surface area contributed by atoms with Gasteiger partial charge >= 0.3 is 5.97 Å². The number of rotatable bonds is 5. The molecular weight excluding hydrogens is 254 g/mol. The van der Waals surface area contributed by atoms with Crippen molar-refractivity contribution in [3.05, 3.63) is 53.0 Å². The van der Waals surface area contributed by atoms with E-state index in [1.54, 1.807) is 6.07 Å². The van der Waals surface area contributed by atoms with Gasteiger partial charge in [-0.15, -0.1) is 0 Å². The summed E-state index contributed by atoms with van der Waals surface area (Å²) in [6.07, 6.45) is 0.896. The largest absolute Gasteiger partial charge is 0.465 e. The molecule has 2 rings (SSSR count). The molecule has 0 amide bonds. The molecule has 1 N–H and O–H groups in total. The highest BCUT2D eigenvalue weighted by Crippen LogP contribution is 2.18. The van der Waals surface area contributed by atoms with E-state index in [0.29, 0.717) is 12.1 Å². The first-order valence-corrected chi connectivity index (χ1v) is 6.64. The first-order chi connectivity index (χ1) is 9.63. The van der Waals surface area contributed by atoms with Crippen molar-refractivity contribution in [2.45, 2.75) is 26.8 Å². The normalized spacial score (nSPS) is 10.3. The lowest BCUT2D eigenvalue weighted by atomic mass is 10.1. The van der Waals surface area contributed by atoms with Crippen molar-refractivity contribution >= 4 is 11.7 Å². The molecular formula is C16H19NO3. The number of esters is 1. The molecule has 0 spiro atoms. The van der Waals surface area contributed by atoms with Crippen LogP contribution in [0, 0.1) is 6.92 Å². The standard InChI is InChI=1S/C16H19NO3/c1-4-13-6-7-14(20-13)10-17-15-8-5-12(9-11(15)2)16(18)19-3/h5-9,17H,4,10H2,1-3H3. The number of aryl methyl sites for hydroxylation is 2. The fourth-order valence-electron chi connectivity index (χ4n) is 2.00. The lowest BCUT2D eigenvalue weighted by molar-refractivity contribution is 0.0600. The Bertz CT molecular complexity index is 602. The van der Waals surface area contributed by atoms with E-state index in [-0.39, 0.29) is 5.97 Å². The van der Waals surface area contributed by atoms with Crippen LogP contribution >= 0.6 is 0 Å². The second-order valence-corrected chi connectivity index (χ2v) is 4.60. The molecule has 1 heterocycles. The molecule has 0 atom stereocenters. The van der Waals surface area contributed by atoms with E-state index in [0.717, 1.165) is 29.2 Å². The van der Waals surface area contributed by atoms with E-state index in [1.807, 2.05) is 31.2 Å². The maximum Gasteiger partial charge on any atom is 0.337 e. The fourth-order valence-corrected chi connectivity index (χ4v) is 2.00. The van der Waals surface area contributed by atoms with Crippen LogP contribution in [0.2, 0.25) is 0 Å². The van der Waals surface area contributed by atoms with Crippen molar-refractivity contribution in [3.8, 4) is 0 Å². The molecule has 0 unspecified atom stereocenters. The summed E-state index contributed by atoms with van der Waals surface area (Å²) in [5.41, 5.74) is 2.53. The molecule has 4 nitrogen and oxygen atoms in total. The summed E-state index contributed by atoms with van der Waals surface area (Å²) in [4.78, 5) is 11.4. The van der Waals surface area contributed by atoms with Crippen LogP contribution in [-0.4, -0.2) is 13.1 Å². The third-order valence-corrected chi connectivity index (χ3v) is 3.17. The predicted molar refractivity (Wildman–Crippen MR) is 77.9 cm³/mol. The Balaban J connectivity index is 2.04. The number of carbonyl (C=O) groups is 1. The molecule has 1 aromatic carbocycles. The van der Waals surface area contributed by atoms with Gasteiger partial charge in [0.25, 0.3) is 0 Å². The topological polar surface area (TPSA) is 51.5 Å². The van der Waals surface area contributed by atoms with Gasteiger partial charge in [0.2, 0.25) is 0 Å². The molecule has 0 saturated carbocycles. The van der Waals surface area contributed by atoms with Gasteiger partial charge in [-0.1, -0.05) is 6.92 Å². The number of anilines is 1. The van der Waals surface area contributed by atoms with Crippen LogP contribution in [0.25, 0.3) is 0 Å². The second-order valence-electron chi connectivity index (χ2n) is 4.60. The van der Waals surface area contributed by atoms with Crippen molar-refractivity contribution in [2.24, 2.45) is 0 Å². The minimum atomic E-state index is -0.321. The van der Waals surface area contributed by atoms with Crippen LogP contribution in [0.1, 0.15) is 34.4 Å². The summed E-state index contributed by atoms with van der Waals surface area (Å²) in [6.45, 7) is 4.64.